The maximum Gasteiger partial charge on any atom is 0.0380 e. The highest BCUT2D eigenvalue weighted by molar-refractivity contribution is 5.40. The first kappa shape index (κ1) is 11.7. The van der Waals surface area contributed by atoms with E-state index in [0.717, 1.165) is 13.0 Å². The van der Waals surface area contributed by atoms with E-state index in [4.69, 9.17) is 0 Å². The molecule has 0 aromatic heterocycles. The van der Waals surface area contributed by atoms with Crippen molar-refractivity contribution in [3.8, 4) is 0 Å². The first-order chi connectivity index (χ1) is 7.31. The minimum Gasteiger partial charge on any atom is -0.307 e. The SMILES string of the molecule is CC(C)(C)c1ccc2c(c1)CCNC2(C)C. The standard InChI is InChI=1S/C15H23N/c1-14(2,3)12-6-7-13-11(10-12)8-9-16-15(13,4)5/h6-7,10,16H,8-9H2,1-5H3. The van der Waals surface area contributed by atoms with E-state index in [1.807, 2.05) is 0 Å². The third-order valence-corrected chi connectivity index (χ3v) is 3.61. The van der Waals surface area contributed by atoms with E-state index in [1.54, 1.807) is 0 Å². The molecule has 0 saturated heterocycles. The van der Waals surface area contributed by atoms with Crippen LogP contribution in [-0.2, 0) is 17.4 Å². The molecule has 1 N–H and O–H groups in total. The monoisotopic (exact) mass is 217 g/mol. The maximum absolute atomic E-state index is 3.57. The van der Waals surface area contributed by atoms with Crippen LogP contribution in [-0.4, -0.2) is 6.54 Å². The van der Waals surface area contributed by atoms with Crippen molar-refractivity contribution < 1.29 is 0 Å². The second-order valence-corrected chi connectivity index (χ2v) is 6.42. The highest BCUT2D eigenvalue weighted by Gasteiger charge is 2.27. The Labute approximate surface area is 99.3 Å². The molecule has 0 fully saturated rings. The first-order valence-corrected chi connectivity index (χ1v) is 6.20. The average molecular weight is 217 g/mol. The molecular weight excluding hydrogens is 194 g/mol. The molecule has 1 aliphatic heterocycles. The highest BCUT2D eigenvalue weighted by Crippen LogP contribution is 2.31. The molecule has 1 aromatic carbocycles. The largest absolute Gasteiger partial charge is 0.307 e. The second-order valence-electron chi connectivity index (χ2n) is 6.42. The van der Waals surface area contributed by atoms with Crippen LogP contribution >= 0.6 is 0 Å². The van der Waals surface area contributed by atoms with Crippen molar-refractivity contribution >= 4 is 0 Å². The Morgan fingerprint density at radius 1 is 1.19 bits per heavy atom. The summed E-state index contributed by atoms with van der Waals surface area (Å²) in [6, 6.07) is 6.99. The van der Waals surface area contributed by atoms with Gasteiger partial charge in [0.1, 0.15) is 0 Å². The van der Waals surface area contributed by atoms with Gasteiger partial charge in [-0.25, -0.2) is 0 Å². The third kappa shape index (κ3) is 2.01. The number of benzene rings is 1. The summed E-state index contributed by atoms with van der Waals surface area (Å²) < 4.78 is 0. The molecule has 0 unspecified atom stereocenters. The van der Waals surface area contributed by atoms with Crippen LogP contribution in [0.5, 0.6) is 0 Å². The van der Waals surface area contributed by atoms with Gasteiger partial charge in [-0.1, -0.05) is 39.0 Å². The van der Waals surface area contributed by atoms with Crippen molar-refractivity contribution in [1.29, 1.82) is 0 Å². The number of rotatable bonds is 0. The van der Waals surface area contributed by atoms with Gasteiger partial charge >= 0.3 is 0 Å². The van der Waals surface area contributed by atoms with E-state index in [1.165, 1.54) is 16.7 Å². The Morgan fingerprint density at radius 3 is 2.50 bits per heavy atom. The fourth-order valence-electron chi connectivity index (χ4n) is 2.48. The van der Waals surface area contributed by atoms with Crippen LogP contribution in [0.2, 0.25) is 0 Å². The van der Waals surface area contributed by atoms with Gasteiger partial charge in [0.25, 0.3) is 0 Å². The van der Waals surface area contributed by atoms with Gasteiger partial charge in [0.15, 0.2) is 0 Å². The minimum absolute atomic E-state index is 0.129. The van der Waals surface area contributed by atoms with Gasteiger partial charge in [-0.15, -0.1) is 0 Å². The third-order valence-electron chi connectivity index (χ3n) is 3.61. The van der Waals surface area contributed by atoms with Crippen LogP contribution in [0.3, 0.4) is 0 Å². The predicted octanol–water partition coefficient (Wildman–Crippen LogP) is 3.36. The zero-order chi connectivity index (χ0) is 12.0. The number of hydrogen-bond donors (Lipinski definition) is 1. The van der Waals surface area contributed by atoms with Crippen molar-refractivity contribution in [2.45, 2.75) is 52.0 Å². The van der Waals surface area contributed by atoms with E-state index < -0.39 is 0 Å². The smallest absolute Gasteiger partial charge is 0.0380 e. The van der Waals surface area contributed by atoms with Gasteiger partial charge in [-0.05, 0) is 48.9 Å². The van der Waals surface area contributed by atoms with E-state index in [9.17, 15) is 0 Å². The Bertz CT molecular complexity index is 396. The van der Waals surface area contributed by atoms with Crippen molar-refractivity contribution in [3.05, 3.63) is 34.9 Å². The molecule has 0 aliphatic carbocycles. The van der Waals surface area contributed by atoms with Crippen molar-refractivity contribution in [2.75, 3.05) is 6.54 Å². The Balaban J connectivity index is 2.48. The van der Waals surface area contributed by atoms with Crippen LogP contribution in [0.15, 0.2) is 18.2 Å². The lowest BCUT2D eigenvalue weighted by atomic mass is 9.80. The molecule has 1 heteroatoms. The maximum atomic E-state index is 3.57. The summed E-state index contributed by atoms with van der Waals surface area (Å²) in [6.07, 6.45) is 1.16. The molecule has 0 spiro atoms. The molecule has 0 bridgehead atoms. The number of nitrogens with one attached hydrogen (secondary N) is 1. The molecule has 1 aromatic rings. The Morgan fingerprint density at radius 2 is 1.88 bits per heavy atom. The van der Waals surface area contributed by atoms with Gasteiger partial charge in [-0.3, -0.25) is 0 Å². The summed E-state index contributed by atoms with van der Waals surface area (Å²) in [5, 5.41) is 3.57. The van der Waals surface area contributed by atoms with Gasteiger partial charge < -0.3 is 5.32 Å². The quantitative estimate of drug-likeness (QED) is 0.702. The molecule has 0 radical (unpaired) electrons. The molecule has 2 rings (SSSR count). The summed E-state index contributed by atoms with van der Waals surface area (Å²) in [6.45, 7) is 12.5. The molecule has 1 heterocycles. The van der Waals surface area contributed by atoms with Crippen molar-refractivity contribution in [3.63, 3.8) is 0 Å². The summed E-state index contributed by atoms with van der Waals surface area (Å²) in [4.78, 5) is 0. The van der Waals surface area contributed by atoms with Gasteiger partial charge in [0, 0.05) is 5.54 Å². The zero-order valence-corrected chi connectivity index (χ0v) is 11.1. The molecule has 0 amide bonds. The van der Waals surface area contributed by atoms with Crippen molar-refractivity contribution in [2.24, 2.45) is 0 Å². The summed E-state index contributed by atoms with van der Waals surface area (Å²) in [5.41, 5.74) is 4.82. The molecule has 88 valence electrons. The fraction of sp³-hybridized carbons (Fsp3) is 0.600. The predicted molar refractivity (Wildman–Crippen MR) is 69.9 cm³/mol. The van der Waals surface area contributed by atoms with Gasteiger partial charge in [-0.2, -0.15) is 0 Å². The van der Waals surface area contributed by atoms with E-state index in [2.05, 4.69) is 58.1 Å². The number of hydrogen-bond acceptors (Lipinski definition) is 1. The Kier molecular flexibility index (Phi) is 2.62. The number of fused-ring (bicyclic) bond motifs is 1. The molecule has 16 heavy (non-hydrogen) atoms. The topological polar surface area (TPSA) is 12.0 Å². The molecule has 1 nitrogen and oxygen atoms in total. The van der Waals surface area contributed by atoms with E-state index in [0.29, 0.717) is 0 Å². The summed E-state index contributed by atoms with van der Waals surface area (Å²) >= 11 is 0. The molecule has 0 saturated carbocycles. The van der Waals surface area contributed by atoms with Crippen LogP contribution in [0, 0.1) is 0 Å². The fourth-order valence-corrected chi connectivity index (χ4v) is 2.48. The normalized spacial score (nSPS) is 19.3. The van der Waals surface area contributed by atoms with Gasteiger partial charge in [0.2, 0.25) is 0 Å². The first-order valence-electron chi connectivity index (χ1n) is 6.20. The highest BCUT2D eigenvalue weighted by atomic mass is 15.0. The zero-order valence-electron chi connectivity index (χ0n) is 11.1. The van der Waals surface area contributed by atoms with E-state index >= 15 is 0 Å². The van der Waals surface area contributed by atoms with Crippen LogP contribution in [0.1, 0.15) is 51.3 Å². The lowest BCUT2D eigenvalue weighted by Crippen LogP contribution is -2.42. The summed E-state index contributed by atoms with van der Waals surface area (Å²) in [7, 11) is 0. The second kappa shape index (κ2) is 3.59. The molecule has 0 atom stereocenters. The van der Waals surface area contributed by atoms with Gasteiger partial charge in [0.05, 0.1) is 0 Å². The average Bonchev–Trinajstić information content (AvgIpc) is 2.15. The van der Waals surface area contributed by atoms with Crippen molar-refractivity contribution in [1.82, 2.24) is 5.32 Å². The van der Waals surface area contributed by atoms with Crippen LogP contribution in [0.25, 0.3) is 0 Å². The molecule has 1 aliphatic rings. The lowest BCUT2D eigenvalue weighted by molar-refractivity contribution is 0.381. The molecular formula is C15H23N. The van der Waals surface area contributed by atoms with Crippen LogP contribution < -0.4 is 5.32 Å². The van der Waals surface area contributed by atoms with E-state index in [-0.39, 0.29) is 11.0 Å². The lowest BCUT2D eigenvalue weighted by Gasteiger charge is -2.35. The van der Waals surface area contributed by atoms with Crippen LogP contribution in [0.4, 0.5) is 0 Å². The summed E-state index contributed by atoms with van der Waals surface area (Å²) in [5.74, 6) is 0. The Hall–Kier alpha value is -0.820. The minimum atomic E-state index is 0.129.